The summed E-state index contributed by atoms with van der Waals surface area (Å²) in [7, 11) is 0. The Bertz CT molecular complexity index is 461. The first-order valence-electron chi connectivity index (χ1n) is 6.26. The van der Waals surface area contributed by atoms with Crippen molar-refractivity contribution in [3.63, 3.8) is 0 Å². The molecule has 0 bridgehead atoms. The van der Waals surface area contributed by atoms with Gasteiger partial charge >= 0.3 is 0 Å². The van der Waals surface area contributed by atoms with Crippen LogP contribution in [0.2, 0.25) is 0 Å². The molecule has 1 heteroatoms. The summed E-state index contributed by atoms with van der Waals surface area (Å²) in [5.74, 6) is 0.899. The smallest absolute Gasteiger partial charge is 0.120 e. The lowest BCUT2D eigenvalue weighted by Gasteiger charge is -2.15. The van der Waals surface area contributed by atoms with Gasteiger partial charge in [0.1, 0.15) is 11.9 Å². The van der Waals surface area contributed by atoms with Crippen LogP contribution in [0.3, 0.4) is 0 Å². The lowest BCUT2D eigenvalue weighted by Crippen LogP contribution is -2.14. The molecular weight excluding hydrogens is 220 g/mol. The summed E-state index contributed by atoms with van der Waals surface area (Å²) in [5.41, 5.74) is 1.33. The predicted octanol–water partition coefficient (Wildman–Crippen LogP) is 4.25. The molecule has 0 heterocycles. The highest BCUT2D eigenvalue weighted by Gasteiger charge is 2.06. The van der Waals surface area contributed by atoms with Crippen LogP contribution < -0.4 is 4.74 Å². The van der Waals surface area contributed by atoms with Gasteiger partial charge in [-0.1, -0.05) is 61.2 Å². The molecule has 0 aliphatic carbocycles. The maximum Gasteiger partial charge on any atom is 0.120 e. The van der Waals surface area contributed by atoms with Crippen LogP contribution in [0.4, 0.5) is 0 Å². The van der Waals surface area contributed by atoms with Gasteiger partial charge < -0.3 is 4.74 Å². The molecule has 0 amide bonds. The standard InChI is InChI=1S/C17H18O/c1-2-16(18-17-11-7-4-8-12-17)14-13-15-9-5-3-6-10-15/h2-12,16H,1,13-14H2. The van der Waals surface area contributed by atoms with Gasteiger partial charge in [0.25, 0.3) is 0 Å². The van der Waals surface area contributed by atoms with Crippen molar-refractivity contribution in [3.8, 4) is 5.75 Å². The van der Waals surface area contributed by atoms with Crippen LogP contribution in [0.25, 0.3) is 0 Å². The molecule has 0 saturated heterocycles. The maximum absolute atomic E-state index is 5.87. The topological polar surface area (TPSA) is 9.23 Å². The molecule has 92 valence electrons. The van der Waals surface area contributed by atoms with E-state index >= 15 is 0 Å². The Balaban J connectivity index is 1.88. The normalized spacial score (nSPS) is 11.8. The summed E-state index contributed by atoms with van der Waals surface area (Å²) in [6.45, 7) is 3.84. The minimum atomic E-state index is 0.0626. The van der Waals surface area contributed by atoms with Crippen molar-refractivity contribution in [3.05, 3.63) is 78.9 Å². The van der Waals surface area contributed by atoms with Crippen molar-refractivity contribution in [1.82, 2.24) is 0 Å². The van der Waals surface area contributed by atoms with E-state index in [0.29, 0.717) is 0 Å². The monoisotopic (exact) mass is 238 g/mol. The molecule has 18 heavy (non-hydrogen) atoms. The molecule has 0 aromatic heterocycles. The highest BCUT2D eigenvalue weighted by molar-refractivity contribution is 5.22. The van der Waals surface area contributed by atoms with Crippen LogP contribution in [-0.2, 0) is 6.42 Å². The van der Waals surface area contributed by atoms with Crippen LogP contribution in [-0.4, -0.2) is 6.10 Å². The first-order chi connectivity index (χ1) is 8.88. The third-order valence-electron chi connectivity index (χ3n) is 2.85. The molecular formula is C17H18O. The fraction of sp³-hybridized carbons (Fsp3) is 0.176. The highest BCUT2D eigenvalue weighted by atomic mass is 16.5. The molecule has 0 N–H and O–H groups in total. The van der Waals surface area contributed by atoms with Gasteiger partial charge in [-0.25, -0.2) is 0 Å². The SMILES string of the molecule is C=CC(CCc1ccccc1)Oc1ccccc1. The molecule has 2 aromatic carbocycles. The molecule has 1 nitrogen and oxygen atoms in total. The fourth-order valence-electron chi connectivity index (χ4n) is 1.85. The van der Waals surface area contributed by atoms with E-state index in [9.17, 15) is 0 Å². The van der Waals surface area contributed by atoms with E-state index in [1.54, 1.807) is 0 Å². The summed E-state index contributed by atoms with van der Waals surface area (Å²) >= 11 is 0. The Labute approximate surface area is 109 Å². The third kappa shape index (κ3) is 3.77. The fourth-order valence-corrected chi connectivity index (χ4v) is 1.85. The van der Waals surface area contributed by atoms with Crippen molar-refractivity contribution < 1.29 is 4.74 Å². The van der Waals surface area contributed by atoms with Gasteiger partial charge in [-0.2, -0.15) is 0 Å². The van der Waals surface area contributed by atoms with E-state index in [0.717, 1.165) is 18.6 Å². The first-order valence-corrected chi connectivity index (χ1v) is 6.26. The summed E-state index contributed by atoms with van der Waals surface area (Å²) < 4.78 is 5.87. The van der Waals surface area contributed by atoms with Gasteiger partial charge in [0, 0.05) is 0 Å². The van der Waals surface area contributed by atoms with E-state index in [1.165, 1.54) is 5.56 Å². The average molecular weight is 238 g/mol. The Morgan fingerprint density at radius 1 is 0.944 bits per heavy atom. The third-order valence-corrected chi connectivity index (χ3v) is 2.85. The number of hydrogen-bond donors (Lipinski definition) is 0. The Kier molecular flexibility index (Phi) is 4.60. The maximum atomic E-state index is 5.87. The zero-order valence-corrected chi connectivity index (χ0v) is 10.5. The molecule has 0 aliphatic rings. The summed E-state index contributed by atoms with van der Waals surface area (Å²) in [5, 5.41) is 0. The van der Waals surface area contributed by atoms with Crippen molar-refractivity contribution in [2.75, 3.05) is 0 Å². The summed E-state index contributed by atoms with van der Waals surface area (Å²) in [4.78, 5) is 0. The molecule has 0 aliphatic heterocycles. The van der Waals surface area contributed by atoms with Crippen LogP contribution in [0.15, 0.2) is 73.3 Å². The number of hydrogen-bond acceptors (Lipinski definition) is 1. The van der Waals surface area contributed by atoms with Gasteiger partial charge in [0.2, 0.25) is 0 Å². The second-order valence-electron chi connectivity index (χ2n) is 4.23. The highest BCUT2D eigenvalue weighted by Crippen LogP contribution is 2.14. The number of rotatable bonds is 6. The molecule has 2 rings (SSSR count). The lowest BCUT2D eigenvalue weighted by molar-refractivity contribution is 0.239. The van der Waals surface area contributed by atoms with Gasteiger partial charge in [-0.05, 0) is 30.5 Å². The molecule has 0 spiro atoms. The summed E-state index contributed by atoms with van der Waals surface area (Å²) in [6.07, 6.45) is 3.88. The Morgan fingerprint density at radius 2 is 1.56 bits per heavy atom. The van der Waals surface area contributed by atoms with E-state index < -0.39 is 0 Å². The predicted molar refractivity (Wildman–Crippen MR) is 75.8 cm³/mol. The van der Waals surface area contributed by atoms with Gasteiger partial charge in [-0.15, -0.1) is 0 Å². The van der Waals surface area contributed by atoms with Crippen molar-refractivity contribution in [1.29, 1.82) is 0 Å². The van der Waals surface area contributed by atoms with E-state index in [2.05, 4.69) is 30.8 Å². The second kappa shape index (κ2) is 6.65. The number of benzene rings is 2. The number of para-hydroxylation sites is 1. The summed E-state index contributed by atoms with van der Waals surface area (Å²) in [6, 6.07) is 20.3. The Hall–Kier alpha value is -2.02. The Morgan fingerprint density at radius 3 is 2.17 bits per heavy atom. The lowest BCUT2D eigenvalue weighted by atomic mass is 10.1. The average Bonchev–Trinajstić information content (AvgIpc) is 2.45. The van der Waals surface area contributed by atoms with Crippen molar-refractivity contribution in [2.45, 2.75) is 18.9 Å². The minimum absolute atomic E-state index is 0.0626. The number of aryl methyl sites for hydroxylation is 1. The van der Waals surface area contributed by atoms with Crippen LogP contribution in [0.5, 0.6) is 5.75 Å². The number of ether oxygens (including phenoxy) is 1. The zero-order valence-electron chi connectivity index (χ0n) is 10.5. The van der Waals surface area contributed by atoms with Gasteiger partial charge in [0.05, 0.1) is 0 Å². The van der Waals surface area contributed by atoms with E-state index in [4.69, 9.17) is 4.74 Å². The molecule has 0 saturated carbocycles. The zero-order chi connectivity index (χ0) is 12.6. The van der Waals surface area contributed by atoms with E-state index in [1.807, 2.05) is 42.5 Å². The van der Waals surface area contributed by atoms with Gasteiger partial charge in [0.15, 0.2) is 0 Å². The minimum Gasteiger partial charge on any atom is -0.486 e. The molecule has 0 radical (unpaired) electrons. The van der Waals surface area contributed by atoms with Crippen LogP contribution in [0, 0.1) is 0 Å². The van der Waals surface area contributed by atoms with Crippen molar-refractivity contribution >= 4 is 0 Å². The van der Waals surface area contributed by atoms with Crippen LogP contribution in [0.1, 0.15) is 12.0 Å². The first kappa shape index (κ1) is 12.4. The molecule has 0 fully saturated rings. The second-order valence-corrected chi connectivity index (χ2v) is 4.23. The molecule has 2 aromatic rings. The quantitative estimate of drug-likeness (QED) is 0.683. The van der Waals surface area contributed by atoms with Gasteiger partial charge in [-0.3, -0.25) is 0 Å². The molecule has 1 atom stereocenters. The largest absolute Gasteiger partial charge is 0.486 e. The molecule has 1 unspecified atom stereocenters. The van der Waals surface area contributed by atoms with Crippen LogP contribution >= 0.6 is 0 Å². The van der Waals surface area contributed by atoms with Crippen molar-refractivity contribution in [2.24, 2.45) is 0 Å². The van der Waals surface area contributed by atoms with E-state index in [-0.39, 0.29) is 6.10 Å².